The van der Waals surface area contributed by atoms with Crippen LogP contribution < -0.4 is 5.69 Å². The van der Waals surface area contributed by atoms with Gasteiger partial charge in [-0.05, 0) is 24.2 Å². The number of nitro groups is 1. The van der Waals surface area contributed by atoms with Crippen LogP contribution in [0.25, 0.3) is 0 Å². The van der Waals surface area contributed by atoms with Gasteiger partial charge in [-0.15, -0.1) is 5.10 Å². The highest BCUT2D eigenvalue weighted by Crippen LogP contribution is 2.29. The topological polar surface area (TPSA) is 93.8 Å². The second-order valence-electron chi connectivity index (χ2n) is 3.97. The third-order valence-electron chi connectivity index (χ3n) is 2.45. The van der Waals surface area contributed by atoms with Crippen LogP contribution in [0.1, 0.15) is 13.3 Å². The zero-order valence-corrected chi connectivity index (χ0v) is 11.3. The van der Waals surface area contributed by atoms with Crippen LogP contribution in [0.4, 0.5) is 10.1 Å². The zero-order chi connectivity index (χ0) is 14.7. The number of aromatic amines is 1. The number of aromatic nitrogens is 3. The standard InChI is InChI=1S/C11H11FN4O3S/c1-2-3-15-10(17)13-14-11(15)20-9-5-7(12)4-8(6-9)16(18)19/h4-6H,2-3H2,1H3,(H,13,17). The number of hydrogen-bond donors (Lipinski definition) is 1. The summed E-state index contributed by atoms with van der Waals surface area (Å²) in [6.07, 6.45) is 0.732. The lowest BCUT2D eigenvalue weighted by Crippen LogP contribution is -2.17. The minimum atomic E-state index is -0.707. The Hall–Kier alpha value is -2.16. The van der Waals surface area contributed by atoms with Gasteiger partial charge in [0.2, 0.25) is 0 Å². The van der Waals surface area contributed by atoms with Crippen LogP contribution >= 0.6 is 11.8 Å². The minimum absolute atomic E-state index is 0.313. The summed E-state index contributed by atoms with van der Waals surface area (Å²) < 4.78 is 14.7. The molecule has 9 heteroatoms. The highest BCUT2D eigenvalue weighted by atomic mass is 32.2. The Morgan fingerprint density at radius 1 is 1.50 bits per heavy atom. The van der Waals surface area contributed by atoms with Crippen LogP contribution in [0.3, 0.4) is 0 Å². The lowest BCUT2D eigenvalue weighted by atomic mass is 10.3. The van der Waals surface area contributed by atoms with Crippen molar-refractivity contribution in [3.8, 4) is 0 Å². The van der Waals surface area contributed by atoms with E-state index in [9.17, 15) is 19.3 Å². The molecule has 2 rings (SSSR count). The fourth-order valence-electron chi connectivity index (χ4n) is 1.62. The normalized spacial score (nSPS) is 10.7. The van der Waals surface area contributed by atoms with E-state index in [1.54, 1.807) is 0 Å². The number of non-ortho nitro benzene ring substituents is 1. The zero-order valence-electron chi connectivity index (χ0n) is 10.5. The number of hydrogen-bond acceptors (Lipinski definition) is 5. The maximum Gasteiger partial charge on any atom is 0.343 e. The molecule has 7 nitrogen and oxygen atoms in total. The molecule has 106 valence electrons. The molecular weight excluding hydrogens is 287 g/mol. The maximum atomic E-state index is 13.3. The van der Waals surface area contributed by atoms with Gasteiger partial charge < -0.3 is 0 Å². The smallest absolute Gasteiger partial charge is 0.270 e. The molecule has 1 N–H and O–H groups in total. The van der Waals surface area contributed by atoms with Crippen molar-refractivity contribution in [2.45, 2.75) is 29.9 Å². The van der Waals surface area contributed by atoms with Crippen LogP contribution in [0.5, 0.6) is 0 Å². The highest BCUT2D eigenvalue weighted by molar-refractivity contribution is 7.99. The van der Waals surface area contributed by atoms with E-state index in [1.165, 1.54) is 10.6 Å². The molecule has 0 aliphatic rings. The van der Waals surface area contributed by atoms with Crippen LogP contribution in [0, 0.1) is 15.9 Å². The first-order valence-electron chi connectivity index (χ1n) is 5.79. The SMILES string of the molecule is CCCn1c(Sc2cc(F)cc([N+](=O)[O-])c2)n[nH]c1=O. The Bertz CT molecular complexity index is 697. The molecule has 2 aromatic rings. The van der Waals surface area contributed by atoms with E-state index in [-0.39, 0.29) is 11.4 Å². The summed E-state index contributed by atoms with van der Waals surface area (Å²) in [5.41, 5.74) is -0.701. The van der Waals surface area contributed by atoms with E-state index in [1.807, 2.05) is 6.92 Å². The molecular formula is C11H11FN4O3S. The van der Waals surface area contributed by atoms with Crippen molar-refractivity contribution in [3.05, 3.63) is 44.6 Å². The number of nitro benzene ring substituents is 1. The van der Waals surface area contributed by atoms with E-state index in [2.05, 4.69) is 10.2 Å². The predicted octanol–water partition coefficient (Wildman–Crippen LogP) is 2.18. The summed E-state index contributed by atoms with van der Waals surface area (Å²) in [5.74, 6) is -0.707. The van der Waals surface area contributed by atoms with Crippen LogP contribution in [0.15, 0.2) is 33.0 Å². The molecule has 0 atom stereocenters. The van der Waals surface area contributed by atoms with E-state index in [4.69, 9.17) is 0 Å². The number of nitrogens with one attached hydrogen (secondary N) is 1. The summed E-state index contributed by atoms with van der Waals surface area (Å²) in [4.78, 5) is 21.8. The number of halogens is 1. The predicted molar refractivity (Wildman–Crippen MR) is 70.3 cm³/mol. The van der Waals surface area contributed by atoms with Gasteiger partial charge in [0.25, 0.3) is 5.69 Å². The Morgan fingerprint density at radius 3 is 2.90 bits per heavy atom. The first-order chi connectivity index (χ1) is 9.51. The molecule has 0 aliphatic carbocycles. The number of benzene rings is 1. The van der Waals surface area contributed by atoms with Crippen molar-refractivity contribution in [1.29, 1.82) is 0 Å². The second kappa shape index (κ2) is 5.87. The Morgan fingerprint density at radius 2 is 2.25 bits per heavy atom. The molecule has 1 aromatic carbocycles. The van der Waals surface area contributed by atoms with Crippen molar-refractivity contribution in [2.75, 3.05) is 0 Å². The Kier molecular flexibility index (Phi) is 4.18. The molecule has 0 spiro atoms. The third kappa shape index (κ3) is 3.05. The highest BCUT2D eigenvalue weighted by Gasteiger charge is 2.14. The largest absolute Gasteiger partial charge is 0.343 e. The molecule has 1 heterocycles. The van der Waals surface area contributed by atoms with Gasteiger partial charge in [-0.2, -0.15) is 0 Å². The van der Waals surface area contributed by atoms with Gasteiger partial charge in [0.15, 0.2) is 5.16 Å². The van der Waals surface area contributed by atoms with Gasteiger partial charge in [-0.1, -0.05) is 6.92 Å². The lowest BCUT2D eigenvalue weighted by Gasteiger charge is -2.03. The van der Waals surface area contributed by atoms with Crippen LogP contribution in [-0.4, -0.2) is 19.7 Å². The van der Waals surface area contributed by atoms with E-state index >= 15 is 0 Å². The molecule has 0 radical (unpaired) electrons. The average Bonchev–Trinajstić information content (AvgIpc) is 2.71. The van der Waals surface area contributed by atoms with Gasteiger partial charge in [0.1, 0.15) is 5.82 Å². The molecule has 0 aliphatic heterocycles. The molecule has 0 unspecified atom stereocenters. The summed E-state index contributed by atoms with van der Waals surface area (Å²) in [6, 6.07) is 3.24. The second-order valence-corrected chi connectivity index (χ2v) is 5.01. The van der Waals surface area contributed by atoms with E-state index in [0.29, 0.717) is 16.6 Å². The molecule has 0 bridgehead atoms. The van der Waals surface area contributed by atoms with Gasteiger partial charge in [-0.25, -0.2) is 14.3 Å². The molecule has 0 amide bonds. The van der Waals surface area contributed by atoms with Crippen molar-refractivity contribution < 1.29 is 9.31 Å². The molecule has 0 saturated carbocycles. The van der Waals surface area contributed by atoms with Crippen molar-refractivity contribution in [1.82, 2.24) is 14.8 Å². The molecule has 1 aromatic heterocycles. The van der Waals surface area contributed by atoms with Crippen LogP contribution in [-0.2, 0) is 6.54 Å². The third-order valence-corrected chi connectivity index (χ3v) is 3.41. The maximum absolute atomic E-state index is 13.3. The van der Waals surface area contributed by atoms with Gasteiger partial charge >= 0.3 is 5.69 Å². The van der Waals surface area contributed by atoms with E-state index in [0.717, 1.165) is 30.3 Å². The summed E-state index contributed by atoms with van der Waals surface area (Å²) in [7, 11) is 0. The first kappa shape index (κ1) is 14.3. The monoisotopic (exact) mass is 298 g/mol. The summed E-state index contributed by atoms with van der Waals surface area (Å²) >= 11 is 0.997. The van der Waals surface area contributed by atoms with Crippen molar-refractivity contribution >= 4 is 17.4 Å². The fraction of sp³-hybridized carbons (Fsp3) is 0.273. The van der Waals surface area contributed by atoms with Crippen molar-refractivity contribution in [3.63, 3.8) is 0 Å². The summed E-state index contributed by atoms with van der Waals surface area (Å²) in [6.45, 7) is 2.37. The molecule has 0 saturated heterocycles. The number of H-pyrrole nitrogens is 1. The Balaban J connectivity index is 2.35. The van der Waals surface area contributed by atoms with Gasteiger partial charge in [0, 0.05) is 17.5 Å². The number of nitrogens with zero attached hydrogens (tertiary/aromatic N) is 3. The first-order valence-corrected chi connectivity index (χ1v) is 6.61. The molecule has 20 heavy (non-hydrogen) atoms. The molecule has 0 fully saturated rings. The summed E-state index contributed by atoms with van der Waals surface area (Å²) in [5, 5.41) is 17.2. The van der Waals surface area contributed by atoms with Crippen molar-refractivity contribution in [2.24, 2.45) is 0 Å². The Labute approximate surface area is 117 Å². The minimum Gasteiger partial charge on any atom is -0.270 e. The average molecular weight is 298 g/mol. The fourth-order valence-corrected chi connectivity index (χ4v) is 2.56. The lowest BCUT2D eigenvalue weighted by molar-refractivity contribution is -0.385. The quantitative estimate of drug-likeness (QED) is 0.674. The van der Waals surface area contributed by atoms with Gasteiger partial charge in [0.05, 0.1) is 11.0 Å². The van der Waals surface area contributed by atoms with Gasteiger partial charge in [-0.3, -0.25) is 14.7 Å². The van der Waals surface area contributed by atoms with E-state index < -0.39 is 10.7 Å². The van der Waals surface area contributed by atoms with Crippen LogP contribution in [0.2, 0.25) is 0 Å². The number of rotatable bonds is 5.